The molecule has 0 amide bonds. The number of hydrogen-bond donors (Lipinski definition) is 2. The summed E-state index contributed by atoms with van der Waals surface area (Å²) in [6, 6.07) is 0. The van der Waals surface area contributed by atoms with Gasteiger partial charge in [0.25, 0.3) is 0 Å². The summed E-state index contributed by atoms with van der Waals surface area (Å²) in [6.07, 6.45) is 14.4. The molecular weight excluding hydrogens is 440 g/mol. The van der Waals surface area contributed by atoms with Crippen molar-refractivity contribution in [3.63, 3.8) is 0 Å². The van der Waals surface area contributed by atoms with Gasteiger partial charge in [-0.25, -0.2) is 0 Å². The van der Waals surface area contributed by atoms with Crippen molar-refractivity contribution in [3.05, 3.63) is 0 Å². The highest BCUT2D eigenvalue weighted by Crippen LogP contribution is 2.16. The smallest absolute Gasteiger partial charge is 0.149 e. The third kappa shape index (κ3) is 23.1. The van der Waals surface area contributed by atoms with Gasteiger partial charge in [-0.3, -0.25) is 0 Å². The van der Waals surface area contributed by atoms with E-state index in [9.17, 15) is 10.2 Å². The van der Waals surface area contributed by atoms with Gasteiger partial charge in [-0.15, -0.1) is 23.7 Å². The molecule has 4 unspecified atom stereocenters. The Balaban J connectivity index is 4.36. The van der Waals surface area contributed by atoms with E-state index in [0.29, 0.717) is 0 Å². The first-order chi connectivity index (χ1) is 17.1. The highest BCUT2D eigenvalue weighted by atomic mass is 16.7. The lowest BCUT2D eigenvalue weighted by Crippen LogP contribution is -2.19. The standard InChI is InChI=1S/C30H54O5/c1-5-9-11-13-21-29(23-17-15-19-27(31)7-3)34-25-33-26-35-30(22-14-12-10-6-2)24-18-16-20-28(32)8-4/h27-32H,5-8,13-26H2,1-4H3. The number of rotatable bonds is 22. The topological polar surface area (TPSA) is 68.2 Å². The molecule has 0 bridgehead atoms. The van der Waals surface area contributed by atoms with Crippen LogP contribution in [0.5, 0.6) is 0 Å². The normalized spacial score (nSPS) is 14.3. The van der Waals surface area contributed by atoms with Crippen LogP contribution in [0.15, 0.2) is 0 Å². The van der Waals surface area contributed by atoms with Crippen LogP contribution < -0.4 is 0 Å². The summed E-state index contributed by atoms with van der Waals surface area (Å²) >= 11 is 0. The van der Waals surface area contributed by atoms with E-state index >= 15 is 0 Å². The minimum absolute atomic E-state index is 0.116. The Hall–Kier alpha value is -1.08. The Kier molecular flexibility index (Phi) is 25.2. The molecule has 0 aliphatic carbocycles. The molecule has 0 rings (SSSR count). The first-order valence-corrected chi connectivity index (χ1v) is 14.2. The van der Waals surface area contributed by atoms with E-state index in [0.717, 1.165) is 103 Å². The van der Waals surface area contributed by atoms with Crippen LogP contribution >= 0.6 is 0 Å². The maximum Gasteiger partial charge on any atom is 0.149 e. The number of aliphatic hydroxyl groups is 2. The highest BCUT2D eigenvalue weighted by Gasteiger charge is 2.12. The predicted octanol–water partition coefficient (Wildman–Crippen LogP) is 6.74. The van der Waals surface area contributed by atoms with E-state index in [4.69, 9.17) is 14.2 Å². The minimum atomic E-state index is -0.192. The molecule has 5 heteroatoms. The Bertz CT molecular complexity index is 521. The Labute approximate surface area is 216 Å². The van der Waals surface area contributed by atoms with Crippen molar-refractivity contribution in [3.8, 4) is 23.7 Å². The zero-order chi connectivity index (χ0) is 26.0. The highest BCUT2D eigenvalue weighted by molar-refractivity contribution is 4.98. The monoisotopic (exact) mass is 494 g/mol. The van der Waals surface area contributed by atoms with Crippen LogP contribution in [0, 0.1) is 23.7 Å². The molecule has 0 spiro atoms. The largest absolute Gasteiger partial charge is 0.393 e. The molecule has 0 aliphatic rings. The van der Waals surface area contributed by atoms with Gasteiger partial charge in [0, 0.05) is 25.7 Å². The molecule has 0 aromatic rings. The summed E-state index contributed by atoms with van der Waals surface area (Å²) < 4.78 is 17.7. The van der Waals surface area contributed by atoms with Crippen molar-refractivity contribution in [2.24, 2.45) is 0 Å². The second-order valence-corrected chi connectivity index (χ2v) is 9.20. The molecule has 0 aliphatic heterocycles. The van der Waals surface area contributed by atoms with Gasteiger partial charge in [-0.05, 0) is 51.4 Å². The van der Waals surface area contributed by atoms with Crippen LogP contribution in [-0.2, 0) is 14.2 Å². The number of unbranched alkanes of at least 4 members (excludes halogenated alkanes) is 2. The maximum atomic E-state index is 9.75. The zero-order valence-electron chi connectivity index (χ0n) is 23.2. The Morgan fingerprint density at radius 3 is 1.31 bits per heavy atom. The summed E-state index contributed by atoms with van der Waals surface area (Å²) in [4.78, 5) is 0. The van der Waals surface area contributed by atoms with Crippen molar-refractivity contribution in [2.75, 3.05) is 13.6 Å². The summed E-state index contributed by atoms with van der Waals surface area (Å²) in [5.74, 6) is 12.6. The molecule has 35 heavy (non-hydrogen) atoms. The molecule has 0 aromatic carbocycles. The molecule has 4 atom stereocenters. The Morgan fingerprint density at radius 2 is 0.943 bits per heavy atom. The second kappa shape index (κ2) is 26.0. The SMILES string of the molecule is CCC#CCCC(CCCCC(O)CC)OCOCOC(CCC#CCC)CCCCC(O)CC. The zero-order valence-corrected chi connectivity index (χ0v) is 23.2. The fraction of sp³-hybridized carbons (Fsp3) is 0.867. The van der Waals surface area contributed by atoms with Gasteiger partial charge in [0.2, 0.25) is 0 Å². The fourth-order valence-electron chi connectivity index (χ4n) is 3.75. The second-order valence-electron chi connectivity index (χ2n) is 9.20. The molecule has 204 valence electrons. The lowest BCUT2D eigenvalue weighted by Gasteiger charge is -2.20. The summed E-state index contributed by atoms with van der Waals surface area (Å²) in [7, 11) is 0. The first kappa shape index (κ1) is 33.9. The van der Waals surface area contributed by atoms with E-state index < -0.39 is 0 Å². The van der Waals surface area contributed by atoms with Crippen molar-refractivity contribution >= 4 is 0 Å². The average Bonchev–Trinajstić information content (AvgIpc) is 2.87. The number of hydrogen-bond acceptors (Lipinski definition) is 5. The van der Waals surface area contributed by atoms with Gasteiger partial charge >= 0.3 is 0 Å². The molecule has 0 saturated heterocycles. The van der Waals surface area contributed by atoms with E-state index in [1.165, 1.54) is 0 Å². The average molecular weight is 495 g/mol. The number of aliphatic hydroxyl groups excluding tert-OH is 2. The van der Waals surface area contributed by atoms with Gasteiger partial charge in [0.05, 0.1) is 24.4 Å². The van der Waals surface area contributed by atoms with Gasteiger partial charge < -0.3 is 24.4 Å². The van der Waals surface area contributed by atoms with Gasteiger partial charge in [-0.2, -0.15) is 0 Å². The third-order valence-electron chi connectivity index (χ3n) is 6.13. The minimum Gasteiger partial charge on any atom is -0.393 e. The summed E-state index contributed by atoms with van der Waals surface area (Å²) in [6.45, 7) is 8.59. The number of ether oxygens (including phenoxy) is 3. The van der Waals surface area contributed by atoms with Crippen molar-refractivity contribution in [2.45, 2.75) is 155 Å². The van der Waals surface area contributed by atoms with Crippen LogP contribution in [0.1, 0.15) is 130 Å². The van der Waals surface area contributed by atoms with Crippen LogP contribution in [-0.4, -0.2) is 48.2 Å². The van der Waals surface area contributed by atoms with Crippen molar-refractivity contribution in [1.29, 1.82) is 0 Å². The van der Waals surface area contributed by atoms with Crippen LogP contribution in [0.4, 0.5) is 0 Å². The Morgan fingerprint density at radius 1 is 0.543 bits per heavy atom. The first-order valence-electron chi connectivity index (χ1n) is 14.2. The van der Waals surface area contributed by atoms with Crippen LogP contribution in [0.3, 0.4) is 0 Å². The van der Waals surface area contributed by atoms with Crippen molar-refractivity contribution in [1.82, 2.24) is 0 Å². The molecule has 0 heterocycles. The van der Waals surface area contributed by atoms with Gasteiger partial charge in [0.1, 0.15) is 13.6 Å². The molecule has 0 radical (unpaired) electrons. The van der Waals surface area contributed by atoms with E-state index in [1.54, 1.807) is 0 Å². The lowest BCUT2D eigenvalue weighted by atomic mass is 10.0. The van der Waals surface area contributed by atoms with Gasteiger partial charge in [-0.1, -0.05) is 53.4 Å². The molecule has 0 aromatic heterocycles. The van der Waals surface area contributed by atoms with Crippen molar-refractivity contribution < 1.29 is 24.4 Å². The quantitative estimate of drug-likeness (QED) is 0.0991. The van der Waals surface area contributed by atoms with Crippen LogP contribution in [0.2, 0.25) is 0 Å². The molecule has 5 nitrogen and oxygen atoms in total. The fourth-order valence-corrected chi connectivity index (χ4v) is 3.75. The van der Waals surface area contributed by atoms with Gasteiger partial charge in [0.15, 0.2) is 0 Å². The third-order valence-corrected chi connectivity index (χ3v) is 6.13. The predicted molar refractivity (Wildman–Crippen MR) is 145 cm³/mol. The molecular formula is C30H54O5. The van der Waals surface area contributed by atoms with E-state index in [2.05, 4.69) is 37.5 Å². The maximum absolute atomic E-state index is 9.75. The molecule has 2 N–H and O–H groups in total. The molecule has 0 fully saturated rings. The van der Waals surface area contributed by atoms with E-state index in [-0.39, 0.29) is 38.0 Å². The summed E-state index contributed by atoms with van der Waals surface area (Å²) in [5, 5.41) is 19.5. The van der Waals surface area contributed by atoms with Crippen LogP contribution in [0.25, 0.3) is 0 Å². The van der Waals surface area contributed by atoms with E-state index in [1.807, 2.05) is 13.8 Å². The molecule has 0 saturated carbocycles. The summed E-state index contributed by atoms with van der Waals surface area (Å²) in [5.41, 5.74) is 0. The lowest BCUT2D eigenvalue weighted by molar-refractivity contribution is -0.167.